The summed E-state index contributed by atoms with van der Waals surface area (Å²) in [5, 5.41) is 3.98. The van der Waals surface area contributed by atoms with E-state index in [9.17, 15) is 4.79 Å². The minimum absolute atomic E-state index is 0.00444. The Morgan fingerprint density at radius 1 is 1.30 bits per heavy atom. The smallest absolute Gasteiger partial charge is 0.251 e. The van der Waals surface area contributed by atoms with Crippen LogP contribution < -0.4 is 5.32 Å². The Labute approximate surface area is 126 Å². The van der Waals surface area contributed by atoms with Gasteiger partial charge < -0.3 is 5.32 Å². The zero-order valence-electron chi connectivity index (χ0n) is 11.2. The van der Waals surface area contributed by atoms with Gasteiger partial charge in [0.1, 0.15) is 0 Å². The fourth-order valence-corrected chi connectivity index (χ4v) is 3.62. The highest BCUT2D eigenvalue weighted by molar-refractivity contribution is 9.09. The summed E-state index contributed by atoms with van der Waals surface area (Å²) < 4.78 is 0. The second-order valence-electron chi connectivity index (χ2n) is 5.29. The highest BCUT2D eigenvalue weighted by Gasteiger charge is 2.25. The van der Waals surface area contributed by atoms with E-state index in [4.69, 9.17) is 0 Å². The van der Waals surface area contributed by atoms with Crippen LogP contribution in [0.15, 0.2) is 36.5 Å². The number of pyridine rings is 1. The molecule has 1 N–H and O–H groups in total. The van der Waals surface area contributed by atoms with Gasteiger partial charge in [-0.2, -0.15) is 0 Å². The van der Waals surface area contributed by atoms with Crippen LogP contribution in [0.25, 0.3) is 10.9 Å². The summed E-state index contributed by atoms with van der Waals surface area (Å²) in [4.78, 5) is 17.2. The lowest BCUT2D eigenvalue weighted by Gasteiger charge is -2.15. The molecule has 3 rings (SSSR count). The van der Waals surface area contributed by atoms with Gasteiger partial charge in [0.2, 0.25) is 0 Å². The number of amides is 1. The first-order chi connectivity index (χ1) is 9.75. The van der Waals surface area contributed by atoms with Crippen molar-refractivity contribution in [1.82, 2.24) is 10.3 Å². The van der Waals surface area contributed by atoms with Crippen molar-refractivity contribution in [2.24, 2.45) is 5.92 Å². The van der Waals surface area contributed by atoms with Crippen molar-refractivity contribution in [3.05, 3.63) is 42.1 Å². The SMILES string of the molecule is O=C(NCC1CCCC1Br)c1cccc2ncccc12. The van der Waals surface area contributed by atoms with Crippen LogP contribution in [0, 0.1) is 5.92 Å². The molecule has 1 amide bonds. The van der Waals surface area contributed by atoms with Crippen molar-refractivity contribution in [3.8, 4) is 0 Å². The van der Waals surface area contributed by atoms with Crippen LogP contribution in [0.2, 0.25) is 0 Å². The van der Waals surface area contributed by atoms with Gasteiger partial charge in [-0.05, 0) is 37.0 Å². The molecule has 1 aromatic heterocycles. The first-order valence-electron chi connectivity index (χ1n) is 7.02. The normalized spacial score (nSPS) is 22.1. The van der Waals surface area contributed by atoms with Crippen LogP contribution in [-0.4, -0.2) is 22.3 Å². The van der Waals surface area contributed by atoms with Gasteiger partial charge in [0.15, 0.2) is 0 Å². The standard InChI is InChI=1S/C16H17BrN2O/c17-14-7-1-4-11(14)10-19-16(20)13-5-2-8-15-12(13)6-3-9-18-15/h2-3,5-6,8-9,11,14H,1,4,7,10H2,(H,19,20). The molecule has 0 radical (unpaired) electrons. The summed E-state index contributed by atoms with van der Waals surface area (Å²) in [5.74, 6) is 0.544. The Morgan fingerprint density at radius 2 is 2.20 bits per heavy atom. The number of hydrogen-bond acceptors (Lipinski definition) is 2. The van der Waals surface area contributed by atoms with Crippen LogP contribution in [0.4, 0.5) is 0 Å². The number of rotatable bonds is 3. The minimum atomic E-state index is -0.00444. The second-order valence-corrected chi connectivity index (χ2v) is 6.47. The van der Waals surface area contributed by atoms with Gasteiger partial charge in [0.25, 0.3) is 5.91 Å². The van der Waals surface area contributed by atoms with Crippen molar-refractivity contribution in [3.63, 3.8) is 0 Å². The maximum absolute atomic E-state index is 12.4. The van der Waals surface area contributed by atoms with Gasteiger partial charge in [-0.3, -0.25) is 9.78 Å². The van der Waals surface area contributed by atoms with E-state index in [1.807, 2.05) is 30.3 Å². The molecule has 0 aliphatic heterocycles. The number of carbonyl (C=O) groups is 1. The first-order valence-corrected chi connectivity index (χ1v) is 7.93. The Kier molecular flexibility index (Phi) is 4.01. The Balaban J connectivity index is 1.75. The molecule has 2 atom stereocenters. The third kappa shape index (κ3) is 2.70. The summed E-state index contributed by atoms with van der Waals surface area (Å²) >= 11 is 3.69. The number of carbonyl (C=O) groups excluding carboxylic acids is 1. The zero-order valence-corrected chi connectivity index (χ0v) is 12.8. The lowest BCUT2D eigenvalue weighted by Crippen LogP contribution is -2.31. The van der Waals surface area contributed by atoms with Crippen molar-refractivity contribution < 1.29 is 4.79 Å². The van der Waals surface area contributed by atoms with Crippen LogP contribution in [0.5, 0.6) is 0 Å². The van der Waals surface area contributed by atoms with Crippen molar-refractivity contribution in [2.45, 2.75) is 24.1 Å². The van der Waals surface area contributed by atoms with E-state index >= 15 is 0 Å². The highest BCUT2D eigenvalue weighted by Crippen LogP contribution is 2.30. The molecule has 2 unspecified atom stereocenters. The number of aromatic nitrogens is 1. The van der Waals surface area contributed by atoms with Crippen molar-refractivity contribution >= 4 is 32.7 Å². The fraction of sp³-hybridized carbons (Fsp3) is 0.375. The van der Waals surface area contributed by atoms with E-state index in [0.29, 0.717) is 16.3 Å². The van der Waals surface area contributed by atoms with E-state index in [1.54, 1.807) is 6.20 Å². The molecule has 0 saturated heterocycles. The number of fused-ring (bicyclic) bond motifs is 1. The van der Waals surface area contributed by atoms with Gasteiger partial charge >= 0.3 is 0 Å². The molecule has 104 valence electrons. The number of nitrogens with one attached hydrogen (secondary N) is 1. The van der Waals surface area contributed by atoms with Crippen LogP contribution in [0.1, 0.15) is 29.6 Å². The quantitative estimate of drug-likeness (QED) is 0.873. The van der Waals surface area contributed by atoms with Crippen molar-refractivity contribution in [1.29, 1.82) is 0 Å². The molecule has 1 saturated carbocycles. The van der Waals surface area contributed by atoms with Gasteiger partial charge in [0, 0.05) is 28.5 Å². The van der Waals surface area contributed by atoms with E-state index < -0.39 is 0 Å². The van der Waals surface area contributed by atoms with E-state index in [1.165, 1.54) is 19.3 Å². The highest BCUT2D eigenvalue weighted by atomic mass is 79.9. The maximum atomic E-state index is 12.4. The Morgan fingerprint density at radius 3 is 3.00 bits per heavy atom. The number of alkyl halides is 1. The fourth-order valence-electron chi connectivity index (χ4n) is 2.84. The average molecular weight is 333 g/mol. The van der Waals surface area contributed by atoms with E-state index in [2.05, 4.69) is 26.2 Å². The average Bonchev–Trinajstić information content (AvgIpc) is 2.89. The lowest BCUT2D eigenvalue weighted by molar-refractivity contribution is 0.0949. The van der Waals surface area contributed by atoms with Crippen molar-refractivity contribution in [2.75, 3.05) is 6.54 Å². The molecular formula is C16H17BrN2O. The molecule has 1 heterocycles. The van der Waals surface area contributed by atoms with Crippen LogP contribution in [-0.2, 0) is 0 Å². The monoisotopic (exact) mass is 332 g/mol. The summed E-state index contributed by atoms with van der Waals surface area (Å²) in [6.07, 6.45) is 5.39. The van der Waals surface area contributed by atoms with E-state index in [0.717, 1.165) is 17.4 Å². The molecule has 4 heteroatoms. The third-order valence-corrected chi connectivity index (χ3v) is 5.19. The molecule has 1 aliphatic rings. The van der Waals surface area contributed by atoms with E-state index in [-0.39, 0.29) is 5.91 Å². The molecule has 0 spiro atoms. The number of hydrogen-bond donors (Lipinski definition) is 1. The molecule has 20 heavy (non-hydrogen) atoms. The summed E-state index contributed by atoms with van der Waals surface area (Å²) in [5.41, 5.74) is 1.57. The Hall–Kier alpha value is -1.42. The molecule has 2 aromatic rings. The molecule has 1 fully saturated rings. The summed E-state index contributed by atoms with van der Waals surface area (Å²) in [6, 6.07) is 9.48. The Bertz CT molecular complexity index is 623. The van der Waals surface area contributed by atoms with Gasteiger partial charge in [-0.1, -0.05) is 34.5 Å². The summed E-state index contributed by atoms with van der Waals surface area (Å²) in [6.45, 7) is 0.741. The maximum Gasteiger partial charge on any atom is 0.251 e. The predicted molar refractivity (Wildman–Crippen MR) is 84.1 cm³/mol. The second kappa shape index (κ2) is 5.92. The number of halogens is 1. The third-order valence-electron chi connectivity index (χ3n) is 3.98. The molecule has 1 aliphatic carbocycles. The minimum Gasteiger partial charge on any atom is -0.352 e. The largest absolute Gasteiger partial charge is 0.352 e. The van der Waals surface area contributed by atoms with Crippen LogP contribution >= 0.6 is 15.9 Å². The zero-order chi connectivity index (χ0) is 13.9. The molecule has 0 bridgehead atoms. The number of nitrogens with zero attached hydrogens (tertiary/aromatic N) is 1. The number of benzene rings is 1. The first kappa shape index (κ1) is 13.6. The lowest BCUT2D eigenvalue weighted by atomic mass is 10.1. The van der Waals surface area contributed by atoms with Crippen LogP contribution in [0.3, 0.4) is 0 Å². The van der Waals surface area contributed by atoms with Gasteiger partial charge in [0.05, 0.1) is 5.52 Å². The van der Waals surface area contributed by atoms with Gasteiger partial charge in [-0.15, -0.1) is 0 Å². The van der Waals surface area contributed by atoms with Gasteiger partial charge in [-0.25, -0.2) is 0 Å². The molecule has 1 aromatic carbocycles. The topological polar surface area (TPSA) is 42.0 Å². The molecular weight excluding hydrogens is 316 g/mol. The molecule has 3 nitrogen and oxygen atoms in total. The predicted octanol–water partition coefficient (Wildman–Crippen LogP) is 3.53. The summed E-state index contributed by atoms with van der Waals surface area (Å²) in [7, 11) is 0.